The Morgan fingerprint density at radius 3 is 2.51 bits per heavy atom. The third-order valence-corrected chi connectivity index (χ3v) is 13.9. The molecule has 0 saturated carbocycles. The third-order valence-electron chi connectivity index (χ3n) is 13.9. The number of nitrogens with one attached hydrogen (secondary N) is 2. The molecular weight excluding hydrogens is 845 g/mol. The summed E-state index contributed by atoms with van der Waals surface area (Å²) in [5.41, 5.74) is 11.6. The van der Waals surface area contributed by atoms with E-state index in [2.05, 4.69) is 72.5 Å². The number of cyclic esters (lactones) is 1. The topological polar surface area (TPSA) is 144 Å². The van der Waals surface area contributed by atoms with Crippen molar-refractivity contribution >= 4 is 34.6 Å². The summed E-state index contributed by atoms with van der Waals surface area (Å²) in [6.07, 6.45) is 3.31. The van der Waals surface area contributed by atoms with Gasteiger partial charge in [0.15, 0.2) is 0 Å². The first-order valence-corrected chi connectivity index (χ1v) is 23.9. The Balaban J connectivity index is 1.18. The fourth-order valence-electron chi connectivity index (χ4n) is 10.4. The van der Waals surface area contributed by atoms with Crippen molar-refractivity contribution in [3.63, 3.8) is 0 Å². The zero-order valence-electron chi connectivity index (χ0n) is 40.2. The van der Waals surface area contributed by atoms with E-state index in [9.17, 15) is 19.2 Å². The van der Waals surface area contributed by atoms with E-state index in [1.165, 1.54) is 9.91 Å². The molecule has 0 spiro atoms. The highest BCUT2D eigenvalue weighted by Crippen LogP contribution is 2.42. The third kappa shape index (κ3) is 9.91. The Hall–Kier alpha value is -5.89. The second-order valence-electron chi connectivity index (χ2n) is 19.6. The summed E-state index contributed by atoms with van der Waals surface area (Å²) >= 11 is 0. The van der Waals surface area contributed by atoms with Crippen LogP contribution in [0.3, 0.4) is 0 Å². The zero-order valence-corrected chi connectivity index (χ0v) is 40.2. The van der Waals surface area contributed by atoms with Crippen molar-refractivity contribution in [1.29, 1.82) is 0 Å². The van der Waals surface area contributed by atoms with Gasteiger partial charge < -0.3 is 29.0 Å². The van der Waals surface area contributed by atoms with Gasteiger partial charge in [0, 0.05) is 74.3 Å². The number of amides is 3. The summed E-state index contributed by atoms with van der Waals surface area (Å²) < 4.78 is 20.4. The van der Waals surface area contributed by atoms with Crippen molar-refractivity contribution in [3.8, 4) is 22.4 Å². The lowest BCUT2D eigenvalue weighted by atomic mass is 9.84. The van der Waals surface area contributed by atoms with Crippen LogP contribution in [0.15, 0.2) is 91.1 Å². The normalized spacial score (nSPS) is 22.0. The number of hydrogen-bond acceptors (Lipinski definition) is 9. The number of methoxy groups -OCH3 is 1. The predicted octanol–water partition coefficient (Wildman–Crippen LogP) is 7.80. The number of carbonyl (C=O) groups is 4. The molecule has 2 N–H and O–H groups in total. The Morgan fingerprint density at radius 1 is 0.985 bits per heavy atom. The van der Waals surface area contributed by atoms with E-state index in [1.807, 2.05) is 69.3 Å². The van der Waals surface area contributed by atoms with Crippen molar-refractivity contribution in [2.75, 3.05) is 33.9 Å². The molecule has 0 aliphatic carbocycles. The summed E-state index contributed by atoms with van der Waals surface area (Å²) in [6.45, 7) is 13.8. The molecule has 2 fully saturated rings. The summed E-state index contributed by atoms with van der Waals surface area (Å²) in [7, 11) is 3.34. The average Bonchev–Trinajstić information content (AvgIpc) is 3.95. The molecule has 5 heterocycles. The molecule has 3 aliphatic heterocycles. The first-order valence-electron chi connectivity index (χ1n) is 23.9. The van der Waals surface area contributed by atoms with Crippen LogP contribution in [0.5, 0.6) is 0 Å². The van der Waals surface area contributed by atoms with Crippen LogP contribution in [-0.2, 0) is 52.8 Å². The molecule has 6 bridgehead atoms. The maximum atomic E-state index is 14.8. The predicted molar refractivity (Wildman–Crippen MR) is 259 cm³/mol. The number of nitrogens with zero attached hydrogens (tertiary/aromatic N) is 4. The first kappa shape index (κ1) is 47.6. The van der Waals surface area contributed by atoms with Gasteiger partial charge in [-0.1, -0.05) is 88.4 Å². The Morgan fingerprint density at radius 2 is 1.76 bits per heavy atom. The van der Waals surface area contributed by atoms with Crippen molar-refractivity contribution in [2.45, 2.75) is 116 Å². The number of hydrogen-bond donors (Lipinski definition) is 2. The molecule has 3 amide bonds. The molecule has 13 heteroatoms. The van der Waals surface area contributed by atoms with E-state index in [4.69, 9.17) is 19.2 Å². The minimum absolute atomic E-state index is 0.141. The van der Waals surface area contributed by atoms with Crippen LogP contribution in [0.25, 0.3) is 33.3 Å². The highest BCUT2D eigenvalue weighted by atomic mass is 16.5. The van der Waals surface area contributed by atoms with Gasteiger partial charge in [-0.2, -0.15) is 0 Å². The number of likely N-dealkylation sites (N-methyl/N-ethyl adjacent to an activating group) is 1. The largest absolute Gasteiger partial charge is 0.464 e. The number of aromatic nitrogens is 2. The van der Waals surface area contributed by atoms with Crippen molar-refractivity contribution in [3.05, 3.63) is 114 Å². The van der Waals surface area contributed by atoms with E-state index in [0.29, 0.717) is 45.4 Å². The van der Waals surface area contributed by atoms with Crippen LogP contribution in [0.2, 0.25) is 0 Å². The molecule has 6 atom stereocenters. The van der Waals surface area contributed by atoms with E-state index < -0.39 is 41.5 Å². The fourth-order valence-corrected chi connectivity index (χ4v) is 10.4. The smallest absolute Gasteiger partial charge is 0.324 e. The zero-order chi connectivity index (χ0) is 47.6. The van der Waals surface area contributed by atoms with Crippen LogP contribution in [0.1, 0.15) is 95.2 Å². The number of aryl methyl sites for hydroxylation is 1. The molecule has 354 valence electrons. The molecular formula is C54H66N6O7. The van der Waals surface area contributed by atoms with Gasteiger partial charge in [-0.3, -0.25) is 29.2 Å². The van der Waals surface area contributed by atoms with Gasteiger partial charge in [-0.05, 0) is 97.5 Å². The van der Waals surface area contributed by atoms with Gasteiger partial charge >= 0.3 is 5.97 Å². The summed E-state index contributed by atoms with van der Waals surface area (Å²) in [6, 6.07) is 25.9. The van der Waals surface area contributed by atoms with Gasteiger partial charge in [-0.15, -0.1) is 0 Å². The molecule has 2 saturated heterocycles. The maximum absolute atomic E-state index is 14.8. The Bertz CT molecular complexity index is 2610. The van der Waals surface area contributed by atoms with E-state index in [-0.39, 0.29) is 42.8 Å². The summed E-state index contributed by atoms with van der Waals surface area (Å²) in [4.78, 5) is 64.0. The quantitative estimate of drug-likeness (QED) is 0.134. The number of benzene rings is 3. The van der Waals surface area contributed by atoms with Crippen molar-refractivity contribution in [1.82, 2.24) is 30.2 Å². The number of hydrazine groups is 1. The molecule has 3 aliphatic rings. The lowest BCUT2D eigenvalue weighted by Gasteiger charge is -2.37. The average molecular weight is 911 g/mol. The number of carbonyl (C=O) groups excluding carboxylic acids is 4. The molecule has 0 radical (unpaired) electrons. The fraction of sp³-hybridized carbons (Fsp3) is 0.463. The molecule has 13 nitrogen and oxygen atoms in total. The van der Waals surface area contributed by atoms with Gasteiger partial charge in [-0.25, -0.2) is 5.43 Å². The molecule has 2 aromatic heterocycles. The van der Waals surface area contributed by atoms with Crippen LogP contribution in [-0.4, -0.2) is 101 Å². The number of pyridine rings is 1. The number of rotatable bonds is 10. The molecule has 5 aromatic rings. The second-order valence-corrected chi connectivity index (χ2v) is 19.6. The first-order chi connectivity index (χ1) is 32.2. The van der Waals surface area contributed by atoms with Crippen LogP contribution in [0.4, 0.5) is 0 Å². The van der Waals surface area contributed by atoms with Crippen LogP contribution in [0, 0.1) is 11.3 Å². The number of esters is 1. The minimum atomic E-state index is -1.04. The van der Waals surface area contributed by atoms with Crippen molar-refractivity contribution in [2.24, 2.45) is 11.3 Å². The van der Waals surface area contributed by atoms with Gasteiger partial charge in [0.25, 0.3) is 11.8 Å². The lowest BCUT2D eigenvalue weighted by molar-refractivity contribution is -0.155. The standard InChI is InChI=1S/C54H66N6O7/c1-9-59-45-23-22-38-30-41(45)42(48(59)40-20-14-25-55-46(40)34(4)65-8)31-54(5,6)32-67-53(64)43-21-15-26-60(57-43)51(62)44(29-35-16-13-19-37(38)28-35)56-50(61)47(33(2)3)58(7)52(63)49-39(24-27-66-49)36-17-11-10-12-18-36/h10-14,16-20,22-23,25,28,30,33-34,39,43-44,47,49,57H,9,15,21,24,26-27,29,31-32H2,1-8H3,(H,56,61)/t34-,39-,43-,44-,47-,49-/m0/s1. The van der Waals surface area contributed by atoms with Crippen molar-refractivity contribution < 1.29 is 33.4 Å². The molecule has 8 rings (SSSR count). The van der Waals surface area contributed by atoms with E-state index in [0.717, 1.165) is 55.7 Å². The highest BCUT2D eigenvalue weighted by molar-refractivity contribution is 5.96. The lowest BCUT2D eigenvalue weighted by Crippen LogP contribution is -2.62. The van der Waals surface area contributed by atoms with Gasteiger partial charge in [0.1, 0.15) is 24.2 Å². The monoisotopic (exact) mass is 910 g/mol. The van der Waals surface area contributed by atoms with Gasteiger partial charge in [0.05, 0.1) is 24.1 Å². The highest BCUT2D eigenvalue weighted by Gasteiger charge is 2.42. The van der Waals surface area contributed by atoms with Crippen LogP contribution < -0.4 is 10.7 Å². The van der Waals surface area contributed by atoms with Gasteiger partial charge in [0.2, 0.25) is 5.91 Å². The Labute approximate surface area is 394 Å². The Kier molecular flexibility index (Phi) is 14.3. The minimum Gasteiger partial charge on any atom is -0.464 e. The van der Waals surface area contributed by atoms with Crippen LogP contribution >= 0.6 is 0 Å². The SMILES string of the molecule is CCn1c(-c2cccnc2[C@H](C)OC)c2c3cc(ccc31)-c1cccc(c1)C[C@H](NC(=O)[C@H](C(C)C)N(C)C(=O)[C@H]1OCC[C@H]1c1ccccc1)C(=O)N1CCC[C@H](N1)C(=O)OCC(C)(C)C2. The molecule has 67 heavy (non-hydrogen) atoms. The maximum Gasteiger partial charge on any atom is 0.324 e. The van der Waals surface area contributed by atoms with E-state index in [1.54, 1.807) is 20.4 Å². The number of ether oxygens (including phenoxy) is 3. The van der Waals surface area contributed by atoms with E-state index >= 15 is 0 Å². The molecule has 3 aromatic carbocycles. The second kappa shape index (κ2) is 20.1. The molecule has 0 unspecified atom stereocenters. The summed E-state index contributed by atoms with van der Waals surface area (Å²) in [5, 5.41) is 5.65. The summed E-state index contributed by atoms with van der Waals surface area (Å²) in [5.74, 6) is -1.98. The number of fused-ring (bicyclic) bond motifs is 6.